The molecular formula is C20H27N. The molecule has 1 aliphatic heterocycles. The van der Waals surface area contributed by atoms with Crippen molar-refractivity contribution in [2.75, 3.05) is 13.1 Å². The molecule has 2 bridgehead atoms. The highest BCUT2D eigenvalue weighted by Gasteiger charge is 2.53. The molecule has 0 spiro atoms. The molecule has 112 valence electrons. The Bertz CT molecular complexity index is 572. The Kier molecular flexibility index (Phi) is 2.73. The lowest BCUT2D eigenvalue weighted by molar-refractivity contribution is 0.164. The SMILES string of the molecule is CC1=C(C)[C@H]2c3ccccc3[C@@H]1[C@H]1CN(C(C)(C)C)C[C@H]12. The zero-order valence-corrected chi connectivity index (χ0v) is 14.0. The van der Waals surface area contributed by atoms with Crippen LogP contribution < -0.4 is 0 Å². The highest BCUT2D eigenvalue weighted by Crippen LogP contribution is 2.60. The van der Waals surface area contributed by atoms with Crippen LogP contribution in [0.4, 0.5) is 0 Å². The normalized spacial score (nSPS) is 35.1. The number of benzene rings is 1. The largest absolute Gasteiger partial charge is 0.298 e. The van der Waals surface area contributed by atoms with Crippen molar-refractivity contribution in [3.63, 3.8) is 0 Å². The number of rotatable bonds is 0. The maximum Gasteiger partial charge on any atom is 0.0125 e. The predicted octanol–water partition coefficient (Wildman–Crippen LogP) is 4.56. The highest BCUT2D eigenvalue weighted by molar-refractivity contribution is 5.52. The van der Waals surface area contributed by atoms with Gasteiger partial charge in [-0.15, -0.1) is 0 Å². The number of hydrogen-bond acceptors (Lipinski definition) is 1. The molecule has 1 aromatic rings. The number of nitrogens with zero attached hydrogens (tertiary/aromatic N) is 1. The van der Waals surface area contributed by atoms with Crippen LogP contribution in [-0.4, -0.2) is 23.5 Å². The van der Waals surface area contributed by atoms with E-state index >= 15 is 0 Å². The van der Waals surface area contributed by atoms with Crippen LogP contribution in [0, 0.1) is 11.8 Å². The van der Waals surface area contributed by atoms with Crippen LogP contribution in [0.25, 0.3) is 0 Å². The number of hydrogen-bond donors (Lipinski definition) is 0. The Morgan fingerprint density at radius 1 is 0.857 bits per heavy atom. The van der Waals surface area contributed by atoms with Gasteiger partial charge in [-0.3, -0.25) is 4.90 Å². The minimum atomic E-state index is 0.296. The third kappa shape index (κ3) is 1.73. The molecule has 1 aromatic carbocycles. The van der Waals surface area contributed by atoms with Gasteiger partial charge in [-0.05, 0) is 57.6 Å². The highest BCUT2D eigenvalue weighted by atomic mass is 15.2. The van der Waals surface area contributed by atoms with E-state index in [9.17, 15) is 0 Å². The van der Waals surface area contributed by atoms with Gasteiger partial charge in [0.2, 0.25) is 0 Å². The first kappa shape index (κ1) is 13.6. The lowest BCUT2D eigenvalue weighted by Gasteiger charge is -2.48. The molecule has 1 nitrogen and oxygen atoms in total. The smallest absolute Gasteiger partial charge is 0.0125 e. The van der Waals surface area contributed by atoms with E-state index in [0.717, 1.165) is 11.8 Å². The molecule has 1 fully saturated rings. The first-order chi connectivity index (χ1) is 9.89. The van der Waals surface area contributed by atoms with Crippen molar-refractivity contribution in [3.8, 4) is 0 Å². The van der Waals surface area contributed by atoms with Crippen molar-refractivity contribution in [2.45, 2.75) is 52.0 Å². The Hall–Kier alpha value is -1.08. The van der Waals surface area contributed by atoms with Gasteiger partial charge in [0.25, 0.3) is 0 Å². The van der Waals surface area contributed by atoms with E-state index in [1.54, 1.807) is 22.3 Å². The molecule has 21 heavy (non-hydrogen) atoms. The standard InChI is InChI=1S/C20H27N/c1-12-13(2)19-15-9-7-6-8-14(15)18(12)16-10-21(11-17(16)19)20(3,4)5/h6-9,16-19H,10-11H2,1-5H3/t16-,17+,18+,19-. The van der Waals surface area contributed by atoms with Crippen LogP contribution in [0.1, 0.15) is 57.6 Å². The van der Waals surface area contributed by atoms with Gasteiger partial charge in [-0.2, -0.15) is 0 Å². The van der Waals surface area contributed by atoms with Crippen LogP contribution in [0.15, 0.2) is 35.4 Å². The third-order valence-corrected chi connectivity index (χ3v) is 6.44. The fraction of sp³-hybridized carbons (Fsp3) is 0.600. The molecular weight excluding hydrogens is 254 g/mol. The summed E-state index contributed by atoms with van der Waals surface area (Å²) in [7, 11) is 0. The van der Waals surface area contributed by atoms with Gasteiger partial charge in [0.1, 0.15) is 0 Å². The molecule has 5 rings (SSSR count). The molecule has 3 aliphatic carbocycles. The van der Waals surface area contributed by atoms with Gasteiger partial charge in [0, 0.05) is 30.5 Å². The lowest BCUT2D eigenvalue weighted by Crippen LogP contribution is -2.39. The number of allylic oxidation sites excluding steroid dienone is 2. The zero-order chi connectivity index (χ0) is 14.9. The van der Waals surface area contributed by atoms with E-state index < -0.39 is 0 Å². The van der Waals surface area contributed by atoms with Gasteiger partial charge in [0.15, 0.2) is 0 Å². The third-order valence-electron chi connectivity index (χ3n) is 6.44. The summed E-state index contributed by atoms with van der Waals surface area (Å²) in [5.41, 5.74) is 6.88. The lowest BCUT2D eigenvalue weighted by atomic mass is 9.56. The molecule has 0 radical (unpaired) electrons. The second kappa shape index (κ2) is 4.23. The monoisotopic (exact) mass is 281 g/mol. The minimum absolute atomic E-state index is 0.296. The molecule has 1 saturated heterocycles. The van der Waals surface area contributed by atoms with Crippen molar-refractivity contribution in [3.05, 3.63) is 46.5 Å². The maximum absolute atomic E-state index is 2.72. The van der Waals surface area contributed by atoms with Crippen molar-refractivity contribution < 1.29 is 0 Å². The summed E-state index contributed by atoms with van der Waals surface area (Å²) in [6.45, 7) is 14.4. The summed E-state index contributed by atoms with van der Waals surface area (Å²) >= 11 is 0. The summed E-state index contributed by atoms with van der Waals surface area (Å²) in [6, 6.07) is 9.24. The predicted molar refractivity (Wildman–Crippen MR) is 88.6 cm³/mol. The molecule has 1 heteroatoms. The second-order valence-electron chi connectivity index (χ2n) is 8.35. The molecule has 0 unspecified atom stereocenters. The Labute approximate surface area is 129 Å². The quantitative estimate of drug-likeness (QED) is 0.630. The minimum Gasteiger partial charge on any atom is -0.298 e. The van der Waals surface area contributed by atoms with Gasteiger partial charge < -0.3 is 0 Å². The van der Waals surface area contributed by atoms with E-state index in [1.807, 2.05) is 0 Å². The van der Waals surface area contributed by atoms with Crippen molar-refractivity contribution in [2.24, 2.45) is 11.8 Å². The molecule has 4 atom stereocenters. The molecule has 0 amide bonds. The summed E-state index contributed by atoms with van der Waals surface area (Å²) < 4.78 is 0. The van der Waals surface area contributed by atoms with Gasteiger partial charge >= 0.3 is 0 Å². The molecule has 1 heterocycles. The van der Waals surface area contributed by atoms with E-state index in [4.69, 9.17) is 0 Å². The molecule has 0 N–H and O–H groups in total. The van der Waals surface area contributed by atoms with Gasteiger partial charge in [-0.25, -0.2) is 0 Å². The molecule has 0 aromatic heterocycles. The maximum atomic E-state index is 2.72. The second-order valence-corrected chi connectivity index (χ2v) is 8.35. The summed E-state index contributed by atoms with van der Waals surface area (Å²) in [5.74, 6) is 2.99. The van der Waals surface area contributed by atoms with Crippen molar-refractivity contribution in [1.82, 2.24) is 4.90 Å². The first-order valence-corrected chi connectivity index (χ1v) is 8.40. The first-order valence-electron chi connectivity index (χ1n) is 8.40. The van der Waals surface area contributed by atoms with Gasteiger partial charge in [-0.1, -0.05) is 35.4 Å². The van der Waals surface area contributed by atoms with E-state index in [1.165, 1.54) is 13.1 Å². The van der Waals surface area contributed by atoms with E-state index in [2.05, 4.69) is 63.8 Å². The average Bonchev–Trinajstić information content (AvgIpc) is 2.87. The summed E-state index contributed by atoms with van der Waals surface area (Å²) in [6.07, 6.45) is 0. The topological polar surface area (TPSA) is 3.24 Å². The van der Waals surface area contributed by atoms with Crippen molar-refractivity contribution >= 4 is 0 Å². The number of likely N-dealkylation sites (tertiary alicyclic amines) is 1. The fourth-order valence-corrected chi connectivity index (χ4v) is 5.25. The van der Waals surface area contributed by atoms with E-state index in [0.29, 0.717) is 17.4 Å². The summed E-state index contributed by atoms with van der Waals surface area (Å²) in [5, 5.41) is 0. The molecule has 0 saturated carbocycles. The van der Waals surface area contributed by atoms with Crippen LogP contribution in [0.3, 0.4) is 0 Å². The summed E-state index contributed by atoms with van der Waals surface area (Å²) in [4.78, 5) is 2.72. The Morgan fingerprint density at radius 2 is 1.29 bits per heavy atom. The Morgan fingerprint density at radius 3 is 1.67 bits per heavy atom. The average molecular weight is 281 g/mol. The van der Waals surface area contributed by atoms with Crippen LogP contribution in [-0.2, 0) is 0 Å². The van der Waals surface area contributed by atoms with Crippen LogP contribution in [0.5, 0.6) is 0 Å². The van der Waals surface area contributed by atoms with Gasteiger partial charge in [0.05, 0.1) is 0 Å². The fourth-order valence-electron chi connectivity index (χ4n) is 5.25. The van der Waals surface area contributed by atoms with Crippen LogP contribution in [0.2, 0.25) is 0 Å². The van der Waals surface area contributed by atoms with E-state index in [-0.39, 0.29) is 0 Å². The Balaban J connectivity index is 1.82. The van der Waals surface area contributed by atoms with Crippen molar-refractivity contribution in [1.29, 1.82) is 0 Å². The molecule has 4 aliphatic rings. The zero-order valence-electron chi connectivity index (χ0n) is 14.0. The van der Waals surface area contributed by atoms with Crippen LogP contribution >= 0.6 is 0 Å².